The van der Waals surface area contributed by atoms with Gasteiger partial charge >= 0.3 is 0 Å². The van der Waals surface area contributed by atoms with Gasteiger partial charge in [-0.25, -0.2) is 4.39 Å². The Hall–Kier alpha value is -2.43. The van der Waals surface area contributed by atoms with Crippen molar-refractivity contribution in [3.8, 4) is 0 Å². The third kappa shape index (κ3) is 3.54. The molecular weight excluding hydrogens is 259 g/mol. The lowest BCUT2D eigenvalue weighted by Crippen LogP contribution is -2.05. The second-order valence-electron chi connectivity index (χ2n) is 4.56. The van der Waals surface area contributed by atoms with Gasteiger partial charge in [-0.1, -0.05) is 12.1 Å². The zero-order chi connectivity index (χ0) is 14.5. The van der Waals surface area contributed by atoms with E-state index in [4.69, 9.17) is 0 Å². The molecule has 0 fully saturated rings. The summed E-state index contributed by atoms with van der Waals surface area (Å²) in [7, 11) is 0. The minimum Gasteiger partial charge on any atom is -0.385 e. The molecule has 0 aromatic heterocycles. The van der Waals surface area contributed by atoms with Crippen molar-refractivity contribution in [3.05, 3.63) is 69.5 Å². The summed E-state index contributed by atoms with van der Waals surface area (Å²) in [5, 5.41) is 13.7. The van der Waals surface area contributed by atoms with Crippen molar-refractivity contribution in [2.45, 2.75) is 13.3 Å². The largest absolute Gasteiger partial charge is 0.385 e. The van der Waals surface area contributed by atoms with E-state index in [9.17, 15) is 14.5 Å². The van der Waals surface area contributed by atoms with Crippen LogP contribution in [0.1, 0.15) is 11.1 Å². The fourth-order valence-corrected chi connectivity index (χ4v) is 1.89. The first-order chi connectivity index (χ1) is 9.56. The standard InChI is InChI=1S/C15H15FN2O2/c1-11-10-13(4-7-15(11)16)17-9-8-12-2-5-14(6-3-12)18(19)20/h2-7,10,17H,8-9H2,1H3. The van der Waals surface area contributed by atoms with Gasteiger partial charge in [0.05, 0.1) is 4.92 Å². The molecule has 1 N–H and O–H groups in total. The van der Waals surface area contributed by atoms with Crippen LogP contribution < -0.4 is 5.32 Å². The summed E-state index contributed by atoms with van der Waals surface area (Å²) in [6.45, 7) is 2.40. The van der Waals surface area contributed by atoms with Crippen LogP contribution in [0.5, 0.6) is 0 Å². The summed E-state index contributed by atoms with van der Waals surface area (Å²) in [6.07, 6.45) is 0.744. The van der Waals surface area contributed by atoms with Crippen molar-refractivity contribution >= 4 is 11.4 Å². The SMILES string of the molecule is Cc1cc(NCCc2ccc([N+](=O)[O-])cc2)ccc1F. The van der Waals surface area contributed by atoms with Crippen LogP contribution in [0.25, 0.3) is 0 Å². The van der Waals surface area contributed by atoms with E-state index in [2.05, 4.69) is 5.32 Å². The smallest absolute Gasteiger partial charge is 0.269 e. The zero-order valence-corrected chi connectivity index (χ0v) is 11.1. The summed E-state index contributed by atoms with van der Waals surface area (Å²) >= 11 is 0. The molecule has 0 aliphatic heterocycles. The number of nitrogens with zero attached hydrogens (tertiary/aromatic N) is 1. The van der Waals surface area contributed by atoms with Gasteiger partial charge in [-0.15, -0.1) is 0 Å². The Morgan fingerprint density at radius 2 is 1.90 bits per heavy atom. The van der Waals surface area contributed by atoms with E-state index < -0.39 is 4.92 Å². The van der Waals surface area contributed by atoms with E-state index in [0.717, 1.165) is 17.7 Å². The fourth-order valence-electron chi connectivity index (χ4n) is 1.89. The van der Waals surface area contributed by atoms with Crippen LogP contribution in [0.3, 0.4) is 0 Å². The average molecular weight is 274 g/mol. The summed E-state index contributed by atoms with van der Waals surface area (Å²) < 4.78 is 13.1. The maximum absolute atomic E-state index is 13.1. The molecule has 0 bridgehead atoms. The van der Waals surface area contributed by atoms with Crippen LogP contribution in [-0.4, -0.2) is 11.5 Å². The Balaban J connectivity index is 1.89. The van der Waals surface area contributed by atoms with Crippen LogP contribution >= 0.6 is 0 Å². The van der Waals surface area contributed by atoms with E-state index in [-0.39, 0.29) is 11.5 Å². The van der Waals surface area contributed by atoms with Crippen molar-refractivity contribution in [2.75, 3.05) is 11.9 Å². The predicted octanol–water partition coefficient (Wildman–Crippen LogP) is 3.70. The molecule has 5 heteroatoms. The first-order valence-corrected chi connectivity index (χ1v) is 6.29. The highest BCUT2D eigenvalue weighted by Gasteiger charge is 2.04. The Morgan fingerprint density at radius 3 is 2.50 bits per heavy atom. The molecule has 0 heterocycles. The molecule has 2 aromatic carbocycles. The quantitative estimate of drug-likeness (QED) is 0.668. The first kappa shape index (κ1) is 14.0. The van der Waals surface area contributed by atoms with Crippen LogP contribution in [-0.2, 0) is 6.42 Å². The van der Waals surface area contributed by atoms with Gasteiger partial charge in [0.1, 0.15) is 5.82 Å². The highest BCUT2D eigenvalue weighted by molar-refractivity contribution is 5.46. The van der Waals surface area contributed by atoms with Crippen LogP contribution in [0.15, 0.2) is 42.5 Å². The molecule has 20 heavy (non-hydrogen) atoms. The summed E-state index contributed by atoms with van der Waals surface area (Å²) in [5.41, 5.74) is 2.58. The number of aryl methyl sites for hydroxylation is 1. The lowest BCUT2D eigenvalue weighted by molar-refractivity contribution is -0.384. The Bertz CT molecular complexity index is 612. The molecule has 0 saturated heterocycles. The van der Waals surface area contributed by atoms with Gasteiger partial charge in [0.25, 0.3) is 5.69 Å². The van der Waals surface area contributed by atoms with Crippen molar-refractivity contribution in [1.82, 2.24) is 0 Å². The topological polar surface area (TPSA) is 55.2 Å². The Kier molecular flexibility index (Phi) is 4.30. The van der Waals surface area contributed by atoms with Gasteiger partial charge in [0.2, 0.25) is 0 Å². The average Bonchev–Trinajstić information content (AvgIpc) is 2.43. The lowest BCUT2D eigenvalue weighted by Gasteiger charge is -2.07. The first-order valence-electron chi connectivity index (χ1n) is 6.29. The number of hydrogen-bond donors (Lipinski definition) is 1. The van der Waals surface area contributed by atoms with Crippen LogP contribution in [0.4, 0.5) is 15.8 Å². The van der Waals surface area contributed by atoms with Crippen molar-refractivity contribution in [3.63, 3.8) is 0 Å². The zero-order valence-electron chi connectivity index (χ0n) is 11.1. The molecule has 0 saturated carbocycles. The highest BCUT2D eigenvalue weighted by Crippen LogP contribution is 2.15. The monoisotopic (exact) mass is 274 g/mol. The van der Waals surface area contributed by atoms with Crippen molar-refractivity contribution in [2.24, 2.45) is 0 Å². The molecule has 0 atom stereocenters. The highest BCUT2D eigenvalue weighted by atomic mass is 19.1. The maximum Gasteiger partial charge on any atom is 0.269 e. The number of nitro groups is 1. The number of non-ortho nitro benzene ring substituents is 1. The Labute approximate surface area is 116 Å². The second-order valence-corrected chi connectivity index (χ2v) is 4.56. The molecule has 0 spiro atoms. The van der Waals surface area contributed by atoms with Crippen LogP contribution in [0, 0.1) is 22.9 Å². The molecule has 0 radical (unpaired) electrons. The van der Waals surface area contributed by atoms with E-state index in [1.54, 1.807) is 31.2 Å². The van der Waals surface area contributed by atoms with E-state index in [0.29, 0.717) is 12.1 Å². The number of nitro benzene ring substituents is 1. The molecule has 0 aliphatic carbocycles. The van der Waals surface area contributed by atoms with Gasteiger partial charge in [0, 0.05) is 24.4 Å². The van der Waals surface area contributed by atoms with Gasteiger partial charge in [-0.2, -0.15) is 0 Å². The molecule has 2 rings (SSSR count). The van der Waals surface area contributed by atoms with Gasteiger partial charge in [-0.05, 0) is 42.7 Å². The number of hydrogen-bond acceptors (Lipinski definition) is 3. The van der Waals surface area contributed by atoms with Gasteiger partial charge in [0.15, 0.2) is 0 Å². The summed E-state index contributed by atoms with van der Waals surface area (Å²) in [4.78, 5) is 10.1. The van der Waals surface area contributed by atoms with Gasteiger partial charge in [-0.3, -0.25) is 10.1 Å². The minimum atomic E-state index is -0.413. The molecule has 2 aromatic rings. The second kappa shape index (κ2) is 6.14. The van der Waals surface area contributed by atoms with E-state index >= 15 is 0 Å². The molecule has 0 amide bonds. The summed E-state index contributed by atoms with van der Waals surface area (Å²) in [6, 6.07) is 11.4. The van der Waals surface area contributed by atoms with Crippen LogP contribution in [0.2, 0.25) is 0 Å². The number of nitrogens with one attached hydrogen (secondary N) is 1. The predicted molar refractivity (Wildman–Crippen MR) is 76.4 cm³/mol. The van der Waals surface area contributed by atoms with Crippen molar-refractivity contribution < 1.29 is 9.31 Å². The summed E-state index contributed by atoms with van der Waals surface area (Å²) in [5.74, 6) is -0.217. The Morgan fingerprint density at radius 1 is 1.20 bits per heavy atom. The van der Waals surface area contributed by atoms with E-state index in [1.807, 2.05) is 0 Å². The molecule has 0 aliphatic rings. The lowest BCUT2D eigenvalue weighted by atomic mass is 10.1. The van der Waals surface area contributed by atoms with Gasteiger partial charge < -0.3 is 5.32 Å². The van der Waals surface area contributed by atoms with Crippen molar-refractivity contribution in [1.29, 1.82) is 0 Å². The molecule has 4 nitrogen and oxygen atoms in total. The van der Waals surface area contributed by atoms with E-state index in [1.165, 1.54) is 18.2 Å². The molecule has 0 unspecified atom stereocenters. The maximum atomic E-state index is 13.1. The molecular formula is C15H15FN2O2. The number of benzene rings is 2. The fraction of sp³-hybridized carbons (Fsp3) is 0.200. The third-order valence-electron chi connectivity index (χ3n) is 3.05. The normalized spacial score (nSPS) is 10.3. The number of rotatable bonds is 5. The third-order valence-corrected chi connectivity index (χ3v) is 3.05. The minimum absolute atomic E-state index is 0.0934. The number of halogens is 1. The number of anilines is 1. The molecule has 104 valence electrons.